The molecule has 1 atom stereocenters. The molecule has 1 aromatic carbocycles. The molecule has 4 N–H and O–H groups in total. The molecule has 9 heteroatoms. The molecular formula is C19H29N3O6. The van der Waals surface area contributed by atoms with E-state index in [9.17, 15) is 19.5 Å². The monoisotopic (exact) mass is 395 g/mol. The van der Waals surface area contributed by atoms with Gasteiger partial charge >= 0.3 is 6.09 Å². The first-order valence-electron chi connectivity index (χ1n) is 9.04. The van der Waals surface area contributed by atoms with Gasteiger partial charge in [-0.1, -0.05) is 0 Å². The number of hydrogen-bond donors (Lipinski definition) is 4. The predicted octanol–water partition coefficient (Wildman–Crippen LogP) is 1.31. The zero-order valence-electron chi connectivity index (χ0n) is 16.7. The standard InChI is InChI=1S/C19H29N3O6/c1-13(27-15-8-6-14(23)7-9-15)17(25)21-11-5-10-20-16(24)12-22-18(26)28-19(2,3)4/h6-9,13,23H,5,10-12H2,1-4H3,(H,20,24)(H,21,25)(H,22,26). The Kier molecular flexibility index (Phi) is 9.07. The van der Waals surface area contributed by atoms with E-state index >= 15 is 0 Å². The maximum Gasteiger partial charge on any atom is 0.408 e. The summed E-state index contributed by atoms with van der Waals surface area (Å²) in [6.07, 6.45) is -0.828. The summed E-state index contributed by atoms with van der Waals surface area (Å²) in [6, 6.07) is 6.08. The summed E-state index contributed by atoms with van der Waals surface area (Å²) in [4.78, 5) is 35.0. The summed E-state index contributed by atoms with van der Waals surface area (Å²) in [5.74, 6) is -0.0368. The molecule has 0 heterocycles. The number of nitrogens with one attached hydrogen (secondary N) is 3. The van der Waals surface area contributed by atoms with Crippen LogP contribution in [0.15, 0.2) is 24.3 Å². The van der Waals surface area contributed by atoms with Crippen LogP contribution in [-0.4, -0.2) is 54.4 Å². The van der Waals surface area contributed by atoms with Crippen molar-refractivity contribution in [2.75, 3.05) is 19.6 Å². The zero-order valence-corrected chi connectivity index (χ0v) is 16.7. The number of aromatic hydroxyl groups is 1. The van der Waals surface area contributed by atoms with Crippen molar-refractivity contribution in [2.24, 2.45) is 0 Å². The fraction of sp³-hybridized carbons (Fsp3) is 0.526. The van der Waals surface area contributed by atoms with Gasteiger partial charge in [0.05, 0.1) is 6.54 Å². The molecule has 28 heavy (non-hydrogen) atoms. The molecule has 0 radical (unpaired) electrons. The summed E-state index contributed by atoms with van der Waals surface area (Å²) in [7, 11) is 0. The molecule has 0 fully saturated rings. The Balaban J connectivity index is 2.14. The third-order valence-electron chi connectivity index (χ3n) is 3.29. The second kappa shape index (κ2) is 11.0. The van der Waals surface area contributed by atoms with Crippen molar-refractivity contribution in [3.63, 3.8) is 0 Å². The Hall–Kier alpha value is -2.97. The molecule has 0 spiro atoms. The predicted molar refractivity (Wildman–Crippen MR) is 103 cm³/mol. The fourth-order valence-corrected chi connectivity index (χ4v) is 1.98. The van der Waals surface area contributed by atoms with Crippen molar-refractivity contribution in [3.8, 4) is 11.5 Å². The van der Waals surface area contributed by atoms with Crippen LogP contribution in [0.1, 0.15) is 34.1 Å². The number of rotatable bonds is 9. The third-order valence-corrected chi connectivity index (χ3v) is 3.29. The average molecular weight is 395 g/mol. The first-order valence-corrected chi connectivity index (χ1v) is 9.04. The maximum absolute atomic E-state index is 12.0. The summed E-state index contributed by atoms with van der Waals surface area (Å²) in [6.45, 7) is 7.35. The lowest BCUT2D eigenvalue weighted by molar-refractivity contribution is -0.127. The van der Waals surface area contributed by atoms with E-state index in [0.717, 1.165) is 0 Å². The van der Waals surface area contributed by atoms with Gasteiger partial charge in [-0.3, -0.25) is 9.59 Å². The Labute approximate surface area is 164 Å². The number of carbonyl (C=O) groups is 3. The summed E-state index contributed by atoms with van der Waals surface area (Å²) in [5, 5.41) is 16.9. The minimum Gasteiger partial charge on any atom is -0.508 e. The van der Waals surface area contributed by atoms with Crippen LogP contribution in [0.3, 0.4) is 0 Å². The highest BCUT2D eigenvalue weighted by molar-refractivity contribution is 5.82. The van der Waals surface area contributed by atoms with Crippen LogP contribution >= 0.6 is 0 Å². The van der Waals surface area contributed by atoms with Crippen LogP contribution < -0.4 is 20.7 Å². The van der Waals surface area contributed by atoms with Gasteiger partial charge in [0.1, 0.15) is 17.1 Å². The zero-order chi connectivity index (χ0) is 21.2. The largest absolute Gasteiger partial charge is 0.508 e. The molecule has 1 rings (SSSR count). The number of carbonyl (C=O) groups excluding carboxylic acids is 3. The van der Waals surface area contributed by atoms with Crippen LogP contribution in [0.5, 0.6) is 11.5 Å². The van der Waals surface area contributed by atoms with Crippen molar-refractivity contribution in [3.05, 3.63) is 24.3 Å². The number of alkyl carbamates (subject to hydrolysis) is 1. The first-order chi connectivity index (χ1) is 13.1. The second-order valence-corrected chi connectivity index (χ2v) is 7.10. The van der Waals surface area contributed by atoms with Crippen LogP contribution in [0.4, 0.5) is 4.79 Å². The lowest BCUT2D eigenvalue weighted by Gasteiger charge is -2.19. The minimum absolute atomic E-state index is 0.118. The van der Waals surface area contributed by atoms with Gasteiger partial charge in [0.25, 0.3) is 5.91 Å². The van der Waals surface area contributed by atoms with E-state index in [4.69, 9.17) is 9.47 Å². The highest BCUT2D eigenvalue weighted by Crippen LogP contribution is 2.17. The van der Waals surface area contributed by atoms with E-state index in [2.05, 4.69) is 16.0 Å². The van der Waals surface area contributed by atoms with Gasteiger partial charge in [-0.15, -0.1) is 0 Å². The van der Waals surface area contributed by atoms with Crippen molar-refractivity contribution < 1.29 is 29.0 Å². The summed E-state index contributed by atoms with van der Waals surface area (Å²) >= 11 is 0. The fourth-order valence-electron chi connectivity index (χ4n) is 1.98. The van der Waals surface area contributed by atoms with Gasteiger partial charge in [-0.05, 0) is 58.4 Å². The van der Waals surface area contributed by atoms with E-state index in [1.165, 1.54) is 12.1 Å². The second-order valence-electron chi connectivity index (χ2n) is 7.10. The number of benzene rings is 1. The topological polar surface area (TPSA) is 126 Å². The third kappa shape index (κ3) is 10.2. The van der Waals surface area contributed by atoms with Crippen molar-refractivity contribution >= 4 is 17.9 Å². The molecule has 0 bridgehead atoms. The Morgan fingerprint density at radius 3 is 2.25 bits per heavy atom. The SMILES string of the molecule is CC(Oc1ccc(O)cc1)C(=O)NCCCNC(=O)CNC(=O)OC(C)(C)C. The Morgan fingerprint density at radius 2 is 1.64 bits per heavy atom. The summed E-state index contributed by atoms with van der Waals surface area (Å²) < 4.78 is 10.5. The smallest absolute Gasteiger partial charge is 0.408 e. The quantitative estimate of drug-likeness (QED) is 0.467. The van der Waals surface area contributed by atoms with Gasteiger partial charge in [0.2, 0.25) is 5.91 Å². The number of hydrogen-bond acceptors (Lipinski definition) is 6. The number of ether oxygens (including phenoxy) is 2. The van der Waals surface area contributed by atoms with Crippen LogP contribution in [0.25, 0.3) is 0 Å². The highest BCUT2D eigenvalue weighted by atomic mass is 16.6. The van der Waals surface area contributed by atoms with Gasteiger partial charge in [0, 0.05) is 13.1 Å². The number of phenols is 1. The van der Waals surface area contributed by atoms with Crippen molar-refractivity contribution in [2.45, 2.75) is 45.8 Å². The molecule has 0 aliphatic carbocycles. The number of phenolic OH excluding ortho intramolecular Hbond substituents is 1. The van der Waals surface area contributed by atoms with Gasteiger partial charge < -0.3 is 30.5 Å². The normalized spacial score (nSPS) is 11.9. The van der Waals surface area contributed by atoms with E-state index in [1.54, 1.807) is 39.8 Å². The molecule has 0 saturated carbocycles. The van der Waals surface area contributed by atoms with Crippen molar-refractivity contribution in [1.82, 2.24) is 16.0 Å². The molecule has 0 aliphatic heterocycles. The van der Waals surface area contributed by atoms with Crippen LogP contribution in [0, 0.1) is 0 Å². The van der Waals surface area contributed by atoms with Crippen molar-refractivity contribution in [1.29, 1.82) is 0 Å². The maximum atomic E-state index is 12.0. The van der Waals surface area contributed by atoms with Crippen LogP contribution in [-0.2, 0) is 14.3 Å². The van der Waals surface area contributed by atoms with Crippen LogP contribution in [0.2, 0.25) is 0 Å². The van der Waals surface area contributed by atoms with E-state index in [1.807, 2.05) is 0 Å². The van der Waals surface area contributed by atoms with E-state index in [-0.39, 0.29) is 24.1 Å². The highest BCUT2D eigenvalue weighted by Gasteiger charge is 2.16. The molecule has 0 saturated heterocycles. The van der Waals surface area contributed by atoms with Gasteiger partial charge in [-0.25, -0.2) is 4.79 Å². The van der Waals surface area contributed by atoms with Gasteiger partial charge in [0.15, 0.2) is 6.10 Å². The Bertz CT molecular complexity index is 655. The van der Waals surface area contributed by atoms with Gasteiger partial charge in [-0.2, -0.15) is 0 Å². The molecule has 156 valence electrons. The minimum atomic E-state index is -0.697. The first kappa shape index (κ1) is 23.1. The molecule has 9 nitrogen and oxygen atoms in total. The lowest BCUT2D eigenvalue weighted by Crippen LogP contribution is -2.41. The molecular weight excluding hydrogens is 366 g/mol. The lowest BCUT2D eigenvalue weighted by atomic mass is 10.2. The molecule has 3 amide bonds. The summed E-state index contributed by atoms with van der Waals surface area (Å²) in [5.41, 5.74) is -0.623. The van der Waals surface area contributed by atoms with E-state index in [0.29, 0.717) is 25.3 Å². The number of amides is 3. The molecule has 1 aromatic rings. The molecule has 0 aromatic heterocycles. The molecule has 0 aliphatic rings. The average Bonchev–Trinajstić information content (AvgIpc) is 2.60. The Morgan fingerprint density at radius 1 is 1.04 bits per heavy atom. The van der Waals surface area contributed by atoms with E-state index < -0.39 is 17.8 Å². The molecule has 1 unspecified atom stereocenters.